The van der Waals surface area contributed by atoms with E-state index in [1.807, 2.05) is 25.1 Å². The molecule has 1 N–H and O–H groups in total. The summed E-state index contributed by atoms with van der Waals surface area (Å²) in [5, 5.41) is 3.22. The van der Waals surface area contributed by atoms with Gasteiger partial charge in [0.1, 0.15) is 5.82 Å². The number of aromatic nitrogens is 1. The minimum atomic E-state index is -0.260. The van der Waals surface area contributed by atoms with Gasteiger partial charge in [0.15, 0.2) is 0 Å². The van der Waals surface area contributed by atoms with Gasteiger partial charge < -0.3 is 5.32 Å². The predicted octanol–water partition coefficient (Wildman–Crippen LogP) is 4.16. The number of hydrogen-bond acceptors (Lipinski definition) is 2. The fourth-order valence-corrected chi connectivity index (χ4v) is 1.91. The summed E-state index contributed by atoms with van der Waals surface area (Å²) in [6, 6.07) is 10.3. The van der Waals surface area contributed by atoms with Gasteiger partial charge in [-0.1, -0.05) is 6.07 Å². The van der Waals surface area contributed by atoms with Crippen LogP contribution >= 0.6 is 15.9 Å². The quantitative estimate of drug-likeness (QED) is 0.919. The van der Waals surface area contributed by atoms with E-state index < -0.39 is 0 Å². The molecule has 0 aliphatic carbocycles. The Kier molecular flexibility index (Phi) is 3.74. The number of nitrogens with zero attached hydrogens (tertiary/aromatic N) is 1. The largest absolute Gasteiger partial charge is 0.376 e. The lowest BCUT2D eigenvalue weighted by molar-refractivity contribution is 0.627. The highest BCUT2D eigenvalue weighted by Crippen LogP contribution is 2.26. The molecule has 4 heteroatoms. The topological polar surface area (TPSA) is 24.9 Å². The number of hydrogen-bond donors (Lipinski definition) is 1. The standard InChI is InChI=1S/C13H12BrFN2/c1-9(12-4-2-3-7-16-12)17-13-8-10(15)5-6-11(13)14/h2-9,17H,1H3. The van der Waals surface area contributed by atoms with Crippen LogP contribution in [0.4, 0.5) is 10.1 Å². The first-order chi connectivity index (χ1) is 8.16. The van der Waals surface area contributed by atoms with Gasteiger partial charge in [-0.3, -0.25) is 4.98 Å². The van der Waals surface area contributed by atoms with Crippen LogP contribution in [0.25, 0.3) is 0 Å². The molecule has 0 amide bonds. The van der Waals surface area contributed by atoms with Crippen LogP contribution in [0.15, 0.2) is 47.1 Å². The van der Waals surface area contributed by atoms with Gasteiger partial charge in [-0.25, -0.2) is 4.39 Å². The van der Waals surface area contributed by atoms with Gasteiger partial charge in [-0.05, 0) is 53.2 Å². The first-order valence-electron chi connectivity index (χ1n) is 5.29. The molecule has 0 aliphatic rings. The zero-order valence-electron chi connectivity index (χ0n) is 9.32. The smallest absolute Gasteiger partial charge is 0.125 e. The fraction of sp³-hybridized carbons (Fsp3) is 0.154. The molecule has 2 rings (SSSR count). The molecule has 0 fully saturated rings. The van der Waals surface area contributed by atoms with Crippen molar-refractivity contribution < 1.29 is 4.39 Å². The summed E-state index contributed by atoms with van der Waals surface area (Å²) in [4.78, 5) is 4.26. The molecule has 0 bridgehead atoms. The lowest BCUT2D eigenvalue weighted by Crippen LogP contribution is -2.08. The molecule has 0 saturated carbocycles. The summed E-state index contributed by atoms with van der Waals surface area (Å²) >= 11 is 3.38. The SMILES string of the molecule is CC(Nc1cc(F)ccc1Br)c1ccccn1. The zero-order valence-corrected chi connectivity index (χ0v) is 10.9. The van der Waals surface area contributed by atoms with Crippen LogP contribution in [0.5, 0.6) is 0 Å². The van der Waals surface area contributed by atoms with Crippen molar-refractivity contribution in [2.45, 2.75) is 13.0 Å². The van der Waals surface area contributed by atoms with E-state index in [1.165, 1.54) is 12.1 Å². The van der Waals surface area contributed by atoms with Crippen LogP contribution in [0, 0.1) is 5.82 Å². The molecule has 1 aromatic heterocycles. The highest BCUT2D eigenvalue weighted by Gasteiger charge is 2.08. The van der Waals surface area contributed by atoms with Gasteiger partial charge in [0.25, 0.3) is 0 Å². The summed E-state index contributed by atoms with van der Waals surface area (Å²) in [5.41, 5.74) is 1.65. The van der Waals surface area contributed by atoms with E-state index in [9.17, 15) is 4.39 Å². The molecule has 1 atom stereocenters. The lowest BCUT2D eigenvalue weighted by atomic mass is 10.2. The Bertz CT molecular complexity index is 502. The number of anilines is 1. The first kappa shape index (κ1) is 12.0. The van der Waals surface area contributed by atoms with Crippen molar-refractivity contribution in [1.29, 1.82) is 0 Å². The molecular formula is C13H12BrFN2. The van der Waals surface area contributed by atoms with Crippen LogP contribution < -0.4 is 5.32 Å². The third-order valence-electron chi connectivity index (χ3n) is 2.43. The molecular weight excluding hydrogens is 283 g/mol. The van der Waals surface area contributed by atoms with Gasteiger partial charge in [0.2, 0.25) is 0 Å². The van der Waals surface area contributed by atoms with Crippen LogP contribution in [0.3, 0.4) is 0 Å². The van der Waals surface area contributed by atoms with Crippen LogP contribution in [0.2, 0.25) is 0 Å². The monoisotopic (exact) mass is 294 g/mol. The second-order valence-corrected chi connectivity index (χ2v) is 4.60. The minimum absolute atomic E-state index is 0.0225. The second kappa shape index (κ2) is 5.27. The molecule has 0 spiro atoms. The van der Waals surface area contributed by atoms with Crippen LogP contribution in [0.1, 0.15) is 18.7 Å². The second-order valence-electron chi connectivity index (χ2n) is 3.74. The highest BCUT2D eigenvalue weighted by atomic mass is 79.9. The van der Waals surface area contributed by atoms with Crippen LogP contribution in [-0.4, -0.2) is 4.98 Å². The molecule has 17 heavy (non-hydrogen) atoms. The third kappa shape index (κ3) is 3.03. The van der Waals surface area contributed by atoms with Crippen molar-refractivity contribution in [1.82, 2.24) is 4.98 Å². The average molecular weight is 295 g/mol. The summed E-state index contributed by atoms with van der Waals surface area (Å²) < 4.78 is 14.0. The molecule has 0 aliphatic heterocycles. The van der Waals surface area contributed by atoms with Crippen molar-refractivity contribution in [2.24, 2.45) is 0 Å². The predicted molar refractivity (Wildman–Crippen MR) is 70.4 cm³/mol. The Morgan fingerprint density at radius 3 is 2.82 bits per heavy atom. The maximum Gasteiger partial charge on any atom is 0.125 e. The number of nitrogens with one attached hydrogen (secondary N) is 1. The number of pyridine rings is 1. The Morgan fingerprint density at radius 1 is 1.29 bits per heavy atom. The third-order valence-corrected chi connectivity index (χ3v) is 3.12. The normalized spacial score (nSPS) is 12.2. The van der Waals surface area contributed by atoms with Gasteiger partial charge in [-0.2, -0.15) is 0 Å². The summed E-state index contributed by atoms with van der Waals surface area (Å²) in [6.45, 7) is 1.99. The zero-order chi connectivity index (χ0) is 12.3. The Morgan fingerprint density at radius 2 is 2.12 bits per heavy atom. The molecule has 0 saturated heterocycles. The van der Waals surface area contributed by atoms with E-state index >= 15 is 0 Å². The van der Waals surface area contributed by atoms with E-state index in [4.69, 9.17) is 0 Å². The van der Waals surface area contributed by atoms with Gasteiger partial charge in [0, 0.05) is 10.7 Å². The van der Waals surface area contributed by atoms with Crippen molar-refractivity contribution in [2.75, 3.05) is 5.32 Å². The Balaban J connectivity index is 2.18. The van der Waals surface area contributed by atoms with E-state index in [0.717, 1.165) is 15.9 Å². The highest BCUT2D eigenvalue weighted by molar-refractivity contribution is 9.10. The maximum atomic E-state index is 13.1. The molecule has 1 unspecified atom stereocenters. The summed E-state index contributed by atoms with van der Waals surface area (Å²) in [5.74, 6) is -0.260. The lowest BCUT2D eigenvalue weighted by Gasteiger charge is -2.15. The van der Waals surface area contributed by atoms with Crippen LogP contribution in [-0.2, 0) is 0 Å². The number of benzene rings is 1. The van der Waals surface area contributed by atoms with E-state index in [0.29, 0.717) is 0 Å². The molecule has 88 valence electrons. The molecule has 0 radical (unpaired) electrons. The van der Waals surface area contributed by atoms with Crippen molar-refractivity contribution in [3.05, 3.63) is 58.6 Å². The Hall–Kier alpha value is -1.42. The average Bonchev–Trinajstić information content (AvgIpc) is 2.35. The first-order valence-corrected chi connectivity index (χ1v) is 6.08. The minimum Gasteiger partial charge on any atom is -0.376 e. The van der Waals surface area contributed by atoms with Gasteiger partial charge >= 0.3 is 0 Å². The van der Waals surface area contributed by atoms with Gasteiger partial charge in [-0.15, -0.1) is 0 Å². The number of rotatable bonds is 3. The van der Waals surface area contributed by atoms with E-state index in [1.54, 1.807) is 12.3 Å². The van der Waals surface area contributed by atoms with Crippen molar-refractivity contribution in [3.8, 4) is 0 Å². The van der Waals surface area contributed by atoms with Crippen molar-refractivity contribution >= 4 is 21.6 Å². The van der Waals surface area contributed by atoms with E-state index in [2.05, 4.69) is 26.2 Å². The fourth-order valence-electron chi connectivity index (χ4n) is 1.55. The number of halogens is 2. The van der Waals surface area contributed by atoms with E-state index in [-0.39, 0.29) is 11.9 Å². The molecule has 1 heterocycles. The molecule has 2 nitrogen and oxygen atoms in total. The summed E-state index contributed by atoms with van der Waals surface area (Å²) in [7, 11) is 0. The maximum absolute atomic E-state index is 13.1. The molecule has 2 aromatic rings. The summed E-state index contributed by atoms with van der Waals surface area (Å²) in [6.07, 6.45) is 1.74. The van der Waals surface area contributed by atoms with Gasteiger partial charge in [0.05, 0.1) is 17.4 Å². The molecule has 1 aromatic carbocycles. The Labute approximate surface area is 108 Å². The van der Waals surface area contributed by atoms with Crippen molar-refractivity contribution in [3.63, 3.8) is 0 Å².